The average molecular weight is 555 g/mol. The molecule has 0 saturated carbocycles. The second-order valence-corrected chi connectivity index (χ2v) is 12.0. The number of halogens is 1. The zero-order valence-corrected chi connectivity index (χ0v) is 22.5. The van der Waals surface area contributed by atoms with E-state index in [0.29, 0.717) is 11.3 Å². The summed E-state index contributed by atoms with van der Waals surface area (Å²) < 4.78 is 0.853. The first-order valence-electron chi connectivity index (χ1n) is 12.5. The van der Waals surface area contributed by atoms with E-state index in [9.17, 15) is 14.4 Å². The minimum Gasteiger partial charge on any atom is -0.352 e. The van der Waals surface area contributed by atoms with Crippen molar-refractivity contribution in [2.45, 2.75) is 38.3 Å². The molecule has 1 fully saturated rings. The Hall–Kier alpha value is -3.51. The summed E-state index contributed by atoms with van der Waals surface area (Å²) in [5, 5.41) is 3.06. The van der Waals surface area contributed by atoms with E-state index < -0.39 is 28.8 Å². The minimum absolute atomic E-state index is 0.0629. The maximum Gasteiger partial charge on any atom is 0.238 e. The van der Waals surface area contributed by atoms with Crippen LogP contribution in [0.25, 0.3) is 6.08 Å². The summed E-state index contributed by atoms with van der Waals surface area (Å²) in [7, 11) is 0. The number of Topliss-reactive ketones (excluding diaryl/α,β-unsaturated/α-hetero) is 2. The molecule has 3 aromatic rings. The zero-order valence-electron chi connectivity index (χ0n) is 20.9. The maximum atomic E-state index is 14.6. The number of carbonyl (C=O) groups excluding carboxylic acids is 3. The van der Waals surface area contributed by atoms with Gasteiger partial charge in [-0.1, -0.05) is 97.4 Å². The quantitative estimate of drug-likeness (QED) is 0.401. The molecule has 0 bridgehead atoms. The Balaban J connectivity index is 1.68. The molecule has 3 heterocycles. The summed E-state index contributed by atoms with van der Waals surface area (Å²) in [5.41, 5.74) is 1.76. The lowest BCUT2D eigenvalue weighted by Gasteiger charge is -2.38. The van der Waals surface area contributed by atoms with E-state index in [1.807, 2.05) is 98.5 Å². The maximum absolute atomic E-state index is 14.6. The number of nitrogens with one attached hydrogen (secondary N) is 1. The Morgan fingerprint density at radius 3 is 2.35 bits per heavy atom. The molecule has 1 spiro atoms. The van der Waals surface area contributed by atoms with Gasteiger partial charge in [-0.05, 0) is 35.4 Å². The van der Waals surface area contributed by atoms with Crippen molar-refractivity contribution in [3.63, 3.8) is 0 Å². The van der Waals surface area contributed by atoms with E-state index in [1.165, 1.54) is 0 Å². The summed E-state index contributed by atoms with van der Waals surface area (Å²) in [5.74, 6) is -1.44. The molecule has 3 aromatic carbocycles. The van der Waals surface area contributed by atoms with Crippen LogP contribution in [0.2, 0.25) is 0 Å². The number of carbonyl (C=O) groups is 3. The zero-order chi connectivity index (χ0) is 26.1. The molecule has 186 valence electrons. The van der Waals surface area contributed by atoms with Crippen molar-refractivity contribution < 1.29 is 14.4 Å². The highest BCUT2D eigenvalue weighted by molar-refractivity contribution is 9.10. The number of hydrogen-bond donors (Lipinski definition) is 1. The van der Waals surface area contributed by atoms with Gasteiger partial charge in [0.25, 0.3) is 0 Å². The predicted octanol–water partition coefficient (Wildman–Crippen LogP) is 6.04. The fraction of sp³-hybridized carbons (Fsp3) is 0.258. The second kappa shape index (κ2) is 8.25. The Bertz CT molecular complexity index is 1490. The average Bonchev–Trinajstić information content (AvgIpc) is 3.36. The smallest absolute Gasteiger partial charge is 0.238 e. The number of fused-ring (bicyclic) bond motifs is 6. The molecule has 0 unspecified atom stereocenters. The molecule has 1 saturated heterocycles. The number of anilines is 2. The highest BCUT2D eigenvalue weighted by Gasteiger charge is 2.70. The third-order valence-corrected chi connectivity index (χ3v) is 8.49. The van der Waals surface area contributed by atoms with Crippen LogP contribution in [-0.4, -0.2) is 29.6 Å². The first-order chi connectivity index (χ1) is 17.7. The van der Waals surface area contributed by atoms with Crippen molar-refractivity contribution in [3.8, 4) is 0 Å². The highest BCUT2D eigenvalue weighted by atomic mass is 79.9. The largest absolute Gasteiger partial charge is 0.352 e. The van der Waals surface area contributed by atoms with Crippen LogP contribution in [-0.2, 0) is 15.0 Å². The van der Waals surface area contributed by atoms with Crippen molar-refractivity contribution in [1.29, 1.82) is 0 Å². The summed E-state index contributed by atoms with van der Waals surface area (Å²) in [6.45, 7) is 5.64. The van der Waals surface area contributed by atoms with Gasteiger partial charge < -0.3 is 10.2 Å². The van der Waals surface area contributed by atoms with Crippen molar-refractivity contribution in [1.82, 2.24) is 0 Å². The van der Waals surface area contributed by atoms with Crippen LogP contribution >= 0.6 is 15.9 Å². The summed E-state index contributed by atoms with van der Waals surface area (Å²) in [6, 6.07) is 21.3. The molecule has 3 aliphatic rings. The van der Waals surface area contributed by atoms with Crippen LogP contribution in [0.1, 0.15) is 42.3 Å². The van der Waals surface area contributed by atoms with Crippen LogP contribution in [0.4, 0.5) is 11.4 Å². The first-order valence-corrected chi connectivity index (χ1v) is 13.3. The van der Waals surface area contributed by atoms with Crippen molar-refractivity contribution >= 4 is 50.9 Å². The SMILES string of the molecule is CC(C)(C)C(=O)[C@H]1[C@H](C(=O)c2ccc(Br)cc2)[C@]2(C(=O)Nc3ccccc32)[C@H]2C=Cc3ccccc3N12. The lowest BCUT2D eigenvalue weighted by Crippen LogP contribution is -2.51. The first kappa shape index (κ1) is 23.9. The molecule has 0 radical (unpaired) electrons. The minimum atomic E-state index is -1.27. The molecular formula is C31H27BrN2O3. The molecule has 4 atom stereocenters. The third-order valence-electron chi connectivity index (χ3n) is 7.96. The van der Waals surface area contributed by atoms with E-state index in [0.717, 1.165) is 21.3 Å². The Labute approximate surface area is 224 Å². The molecule has 1 amide bonds. The van der Waals surface area contributed by atoms with E-state index in [1.54, 1.807) is 12.1 Å². The van der Waals surface area contributed by atoms with E-state index in [2.05, 4.69) is 21.2 Å². The Morgan fingerprint density at radius 1 is 0.946 bits per heavy atom. The number of para-hydroxylation sites is 2. The third kappa shape index (κ3) is 3.31. The van der Waals surface area contributed by atoms with Gasteiger partial charge in [0.05, 0.1) is 12.0 Å². The Morgan fingerprint density at radius 2 is 1.62 bits per heavy atom. The molecule has 0 aliphatic carbocycles. The number of nitrogens with zero attached hydrogens (tertiary/aromatic N) is 1. The van der Waals surface area contributed by atoms with Crippen LogP contribution in [0.15, 0.2) is 83.3 Å². The van der Waals surface area contributed by atoms with Gasteiger partial charge in [-0.3, -0.25) is 14.4 Å². The summed E-state index contributed by atoms with van der Waals surface area (Å²) >= 11 is 3.45. The monoisotopic (exact) mass is 554 g/mol. The van der Waals surface area contributed by atoms with Crippen molar-refractivity contribution in [2.24, 2.45) is 11.3 Å². The number of amides is 1. The molecule has 37 heavy (non-hydrogen) atoms. The predicted molar refractivity (Wildman–Crippen MR) is 149 cm³/mol. The van der Waals surface area contributed by atoms with Gasteiger partial charge >= 0.3 is 0 Å². The molecule has 6 heteroatoms. The van der Waals surface area contributed by atoms with Gasteiger partial charge in [0.2, 0.25) is 5.91 Å². The topological polar surface area (TPSA) is 66.5 Å². The van der Waals surface area contributed by atoms with Crippen LogP contribution in [0.5, 0.6) is 0 Å². The fourth-order valence-electron chi connectivity index (χ4n) is 6.36. The van der Waals surface area contributed by atoms with E-state index >= 15 is 0 Å². The van der Waals surface area contributed by atoms with Gasteiger partial charge in [0.1, 0.15) is 11.5 Å². The molecule has 1 N–H and O–H groups in total. The fourth-order valence-corrected chi connectivity index (χ4v) is 6.62. The van der Waals surface area contributed by atoms with Crippen molar-refractivity contribution in [2.75, 3.05) is 10.2 Å². The van der Waals surface area contributed by atoms with Crippen molar-refractivity contribution in [3.05, 3.63) is 100 Å². The summed E-state index contributed by atoms with van der Waals surface area (Å²) in [6.07, 6.45) is 4.01. The van der Waals surface area contributed by atoms with Crippen LogP contribution < -0.4 is 10.2 Å². The molecule has 0 aromatic heterocycles. The standard InChI is InChI=1S/C31H27BrN2O3/c1-30(2,3)28(36)26-25(27(35)19-12-15-20(32)16-13-19)31(21-9-5-6-10-22(21)33-29(31)37)24-17-14-18-8-4-7-11-23(18)34(24)26/h4-17,24-26H,1-3H3,(H,33,37)/t24-,25-,26-,31-/m1/s1. The number of hydrogen-bond acceptors (Lipinski definition) is 4. The highest BCUT2D eigenvalue weighted by Crippen LogP contribution is 2.58. The van der Waals surface area contributed by atoms with Gasteiger partial charge in [0, 0.05) is 26.8 Å². The van der Waals surface area contributed by atoms with E-state index in [-0.39, 0.29) is 17.5 Å². The number of ketones is 2. The van der Waals surface area contributed by atoms with Crippen LogP contribution in [0, 0.1) is 11.3 Å². The lowest BCUT2D eigenvalue weighted by molar-refractivity contribution is -0.128. The van der Waals surface area contributed by atoms with Gasteiger partial charge in [-0.25, -0.2) is 0 Å². The molecule has 5 nitrogen and oxygen atoms in total. The number of benzene rings is 3. The molecular weight excluding hydrogens is 528 g/mol. The second-order valence-electron chi connectivity index (χ2n) is 11.0. The summed E-state index contributed by atoms with van der Waals surface area (Å²) in [4.78, 5) is 45.2. The van der Waals surface area contributed by atoms with E-state index in [4.69, 9.17) is 0 Å². The normalized spacial score (nSPS) is 25.5. The van der Waals surface area contributed by atoms with Crippen LogP contribution in [0.3, 0.4) is 0 Å². The van der Waals surface area contributed by atoms with Gasteiger partial charge in [0.15, 0.2) is 11.6 Å². The molecule has 3 aliphatic heterocycles. The lowest BCUT2D eigenvalue weighted by atomic mass is 9.63. The van der Waals surface area contributed by atoms with Gasteiger partial charge in [-0.15, -0.1) is 0 Å². The molecule has 6 rings (SSSR count). The Kier molecular flexibility index (Phi) is 5.32. The number of rotatable bonds is 3. The van der Waals surface area contributed by atoms with Gasteiger partial charge in [-0.2, -0.15) is 0 Å².